The van der Waals surface area contributed by atoms with E-state index in [1.807, 2.05) is 20.0 Å². The van der Waals surface area contributed by atoms with Gasteiger partial charge in [-0.3, -0.25) is 4.68 Å². The highest BCUT2D eigenvalue weighted by Gasteiger charge is 2.22. The van der Waals surface area contributed by atoms with E-state index in [0.717, 1.165) is 17.8 Å². The zero-order valence-corrected chi connectivity index (χ0v) is 12.1. The molecule has 2 heterocycles. The lowest BCUT2D eigenvalue weighted by molar-refractivity contribution is 0.203. The Morgan fingerprint density at radius 1 is 1.35 bits per heavy atom. The third kappa shape index (κ3) is 2.34. The monoisotopic (exact) mass is 347 g/mol. The van der Waals surface area contributed by atoms with Gasteiger partial charge in [0, 0.05) is 14.1 Å². The second-order valence-electron chi connectivity index (χ2n) is 3.81. The number of aliphatic hydroxyl groups is 1. The fraction of sp³-hybridized carbons (Fsp3) is 0.500. The Hall–Kier alpha value is -0.960. The van der Waals surface area contributed by atoms with E-state index in [9.17, 15) is 5.11 Å². The van der Waals surface area contributed by atoms with Crippen LogP contribution in [-0.2, 0) is 20.5 Å². The SMILES string of the molecule is CCc1cc(C(O)c2nn(C)nc2I)n(C)n1. The summed E-state index contributed by atoms with van der Waals surface area (Å²) in [6.07, 6.45) is 0.0615. The van der Waals surface area contributed by atoms with Gasteiger partial charge in [0.1, 0.15) is 15.5 Å². The Bertz CT molecular complexity index is 533. The minimum atomic E-state index is -0.784. The fourth-order valence-electron chi connectivity index (χ4n) is 1.68. The van der Waals surface area contributed by atoms with Gasteiger partial charge >= 0.3 is 0 Å². The largest absolute Gasteiger partial charge is 0.380 e. The highest BCUT2D eigenvalue weighted by Crippen LogP contribution is 2.23. The number of aromatic nitrogens is 5. The first-order chi connectivity index (χ1) is 8.02. The summed E-state index contributed by atoms with van der Waals surface area (Å²) in [6, 6.07) is 1.90. The number of halogens is 1. The first-order valence-electron chi connectivity index (χ1n) is 5.30. The van der Waals surface area contributed by atoms with E-state index in [-0.39, 0.29) is 0 Å². The van der Waals surface area contributed by atoms with Gasteiger partial charge in [-0.05, 0) is 35.1 Å². The van der Waals surface area contributed by atoms with Crippen molar-refractivity contribution >= 4 is 22.6 Å². The molecule has 1 atom stereocenters. The molecule has 0 bridgehead atoms. The van der Waals surface area contributed by atoms with Crippen molar-refractivity contribution in [2.75, 3.05) is 0 Å². The van der Waals surface area contributed by atoms with Crippen LogP contribution in [0.1, 0.15) is 30.1 Å². The van der Waals surface area contributed by atoms with E-state index in [4.69, 9.17) is 0 Å². The third-order valence-electron chi connectivity index (χ3n) is 2.56. The van der Waals surface area contributed by atoms with Crippen LogP contribution in [0.4, 0.5) is 0 Å². The van der Waals surface area contributed by atoms with Crippen molar-refractivity contribution in [3.8, 4) is 0 Å². The average Bonchev–Trinajstić information content (AvgIpc) is 2.81. The summed E-state index contributed by atoms with van der Waals surface area (Å²) >= 11 is 2.07. The van der Waals surface area contributed by atoms with Crippen LogP contribution in [-0.4, -0.2) is 29.9 Å². The predicted molar refractivity (Wildman–Crippen MR) is 70.4 cm³/mol. The molecule has 17 heavy (non-hydrogen) atoms. The summed E-state index contributed by atoms with van der Waals surface area (Å²) in [5, 5.41) is 22.9. The van der Waals surface area contributed by atoms with Gasteiger partial charge in [-0.1, -0.05) is 6.92 Å². The van der Waals surface area contributed by atoms with Gasteiger partial charge in [0.15, 0.2) is 0 Å². The highest BCUT2D eigenvalue weighted by atomic mass is 127. The van der Waals surface area contributed by atoms with Gasteiger partial charge in [-0.15, -0.1) is 5.10 Å². The zero-order valence-electron chi connectivity index (χ0n) is 9.92. The zero-order chi connectivity index (χ0) is 12.6. The van der Waals surface area contributed by atoms with Crippen molar-refractivity contribution in [1.82, 2.24) is 24.8 Å². The number of hydrogen-bond acceptors (Lipinski definition) is 4. The van der Waals surface area contributed by atoms with Crippen molar-refractivity contribution in [3.05, 3.63) is 26.8 Å². The first-order valence-corrected chi connectivity index (χ1v) is 6.38. The molecule has 2 aromatic rings. The highest BCUT2D eigenvalue weighted by molar-refractivity contribution is 14.1. The molecular weight excluding hydrogens is 333 g/mol. The van der Waals surface area contributed by atoms with Gasteiger partial charge in [0.2, 0.25) is 0 Å². The van der Waals surface area contributed by atoms with Crippen molar-refractivity contribution in [2.24, 2.45) is 14.1 Å². The summed E-state index contributed by atoms with van der Waals surface area (Å²) in [5.74, 6) is 0. The maximum atomic E-state index is 10.3. The number of aryl methyl sites for hydroxylation is 3. The molecule has 1 N–H and O–H groups in total. The van der Waals surface area contributed by atoms with E-state index >= 15 is 0 Å². The normalized spacial score (nSPS) is 13.0. The maximum Gasteiger partial charge on any atom is 0.149 e. The van der Waals surface area contributed by atoms with Gasteiger partial charge in [0.05, 0.1) is 11.4 Å². The summed E-state index contributed by atoms with van der Waals surface area (Å²) in [7, 11) is 3.56. The fourth-order valence-corrected chi connectivity index (χ4v) is 2.39. The molecule has 0 amide bonds. The van der Waals surface area contributed by atoms with Gasteiger partial charge in [0.25, 0.3) is 0 Å². The van der Waals surface area contributed by atoms with Crippen LogP contribution in [0.2, 0.25) is 0 Å². The lowest BCUT2D eigenvalue weighted by Crippen LogP contribution is -2.08. The summed E-state index contributed by atoms with van der Waals surface area (Å²) in [4.78, 5) is 1.46. The van der Waals surface area contributed by atoms with Gasteiger partial charge in [-0.25, -0.2) is 0 Å². The molecule has 0 saturated heterocycles. The van der Waals surface area contributed by atoms with Gasteiger partial charge < -0.3 is 5.11 Å². The van der Waals surface area contributed by atoms with E-state index in [1.54, 1.807) is 11.7 Å². The topological polar surface area (TPSA) is 68.8 Å². The molecule has 92 valence electrons. The molecule has 0 saturated carbocycles. The Morgan fingerprint density at radius 2 is 2.06 bits per heavy atom. The summed E-state index contributed by atoms with van der Waals surface area (Å²) in [6.45, 7) is 2.03. The summed E-state index contributed by atoms with van der Waals surface area (Å²) < 4.78 is 2.39. The standard InChI is InChI=1S/C10H14IN5O/c1-4-6-5-7(15(2)12-6)9(17)8-10(11)14-16(3)13-8/h5,9,17H,4H2,1-3H3. The lowest BCUT2D eigenvalue weighted by Gasteiger charge is -2.07. The molecule has 2 rings (SSSR count). The lowest BCUT2D eigenvalue weighted by atomic mass is 10.2. The van der Waals surface area contributed by atoms with E-state index in [0.29, 0.717) is 9.39 Å². The number of aliphatic hydroxyl groups excluding tert-OH is 1. The van der Waals surface area contributed by atoms with Crippen LogP contribution >= 0.6 is 22.6 Å². The predicted octanol–water partition coefficient (Wildman–Crippen LogP) is 0.797. The van der Waals surface area contributed by atoms with Gasteiger partial charge in [-0.2, -0.15) is 15.0 Å². The molecule has 2 aromatic heterocycles. The molecular formula is C10H14IN5O. The minimum Gasteiger partial charge on any atom is -0.380 e. The second-order valence-corrected chi connectivity index (χ2v) is 4.83. The van der Waals surface area contributed by atoms with Crippen LogP contribution in [0.25, 0.3) is 0 Å². The Labute approximate surface area is 113 Å². The van der Waals surface area contributed by atoms with Crippen molar-refractivity contribution < 1.29 is 5.11 Å². The smallest absolute Gasteiger partial charge is 0.149 e. The molecule has 1 unspecified atom stereocenters. The molecule has 6 nitrogen and oxygen atoms in total. The van der Waals surface area contributed by atoms with Crippen LogP contribution < -0.4 is 0 Å². The molecule has 0 aliphatic rings. The number of hydrogen-bond donors (Lipinski definition) is 1. The first kappa shape index (κ1) is 12.5. The van der Waals surface area contributed by atoms with Crippen molar-refractivity contribution in [2.45, 2.75) is 19.4 Å². The Kier molecular flexibility index (Phi) is 3.48. The van der Waals surface area contributed by atoms with Crippen LogP contribution in [0.15, 0.2) is 6.07 Å². The maximum absolute atomic E-state index is 10.3. The number of nitrogens with zero attached hydrogens (tertiary/aromatic N) is 5. The summed E-state index contributed by atoms with van der Waals surface area (Å²) in [5.41, 5.74) is 2.26. The Balaban J connectivity index is 2.39. The quantitative estimate of drug-likeness (QED) is 0.834. The van der Waals surface area contributed by atoms with Crippen LogP contribution in [0, 0.1) is 3.70 Å². The molecule has 0 aliphatic heterocycles. The molecule has 7 heteroatoms. The van der Waals surface area contributed by atoms with E-state index < -0.39 is 6.10 Å². The minimum absolute atomic E-state index is 0.568. The molecule has 0 aromatic carbocycles. The van der Waals surface area contributed by atoms with Crippen LogP contribution in [0.3, 0.4) is 0 Å². The van der Waals surface area contributed by atoms with E-state index in [1.165, 1.54) is 4.80 Å². The van der Waals surface area contributed by atoms with Crippen molar-refractivity contribution in [3.63, 3.8) is 0 Å². The molecule has 0 spiro atoms. The van der Waals surface area contributed by atoms with E-state index in [2.05, 4.69) is 37.9 Å². The molecule has 0 fully saturated rings. The average molecular weight is 347 g/mol. The van der Waals surface area contributed by atoms with Crippen molar-refractivity contribution in [1.29, 1.82) is 0 Å². The third-order valence-corrected chi connectivity index (χ3v) is 3.33. The molecule has 0 aliphatic carbocycles. The molecule has 0 radical (unpaired) electrons. The second kappa shape index (κ2) is 4.73. The Morgan fingerprint density at radius 3 is 2.53 bits per heavy atom. The van der Waals surface area contributed by atoms with Crippen LogP contribution in [0.5, 0.6) is 0 Å². The number of rotatable bonds is 3.